The molecule has 0 aliphatic carbocycles. The number of aromatic nitrogens is 3. The summed E-state index contributed by atoms with van der Waals surface area (Å²) in [6.07, 6.45) is 0.797. The zero-order valence-electron chi connectivity index (χ0n) is 18.5. The molecule has 1 fully saturated rings. The zero-order chi connectivity index (χ0) is 23.7. The molecule has 10 heteroatoms. The molecule has 0 unspecified atom stereocenters. The number of H-pyrrole nitrogens is 1. The van der Waals surface area contributed by atoms with Crippen molar-refractivity contribution in [3.63, 3.8) is 0 Å². The minimum Gasteiger partial charge on any atom is -0.465 e. The molecule has 10 nitrogen and oxygen atoms in total. The highest BCUT2D eigenvalue weighted by Gasteiger charge is 2.25. The molecule has 1 aliphatic rings. The van der Waals surface area contributed by atoms with Gasteiger partial charge >= 0.3 is 12.1 Å². The van der Waals surface area contributed by atoms with E-state index in [0.29, 0.717) is 43.4 Å². The Morgan fingerprint density at radius 1 is 1.12 bits per heavy atom. The molecule has 2 N–H and O–H groups in total. The van der Waals surface area contributed by atoms with Gasteiger partial charge in [-0.25, -0.2) is 14.6 Å². The summed E-state index contributed by atoms with van der Waals surface area (Å²) >= 11 is 0. The van der Waals surface area contributed by atoms with Crippen LogP contribution in [0.25, 0.3) is 33.7 Å². The van der Waals surface area contributed by atoms with Crippen LogP contribution >= 0.6 is 0 Å². The van der Waals surface area contributed by atoms with E-state index in [4.69, 9.17) is 14.3 Å². The normalized spacial score (nSPS) is 13.9. The van der Waals surface area contributed by atoms with Gasteiger partial charge in [-0.3, -0.25) is 5.10 Å². The van der Waals surface area contributed by atoms with E-state index in [1.807, 2.05) is 42.5 Å². The molecule has 0 atom stereocenters. The van der Waals surface area contributed by atoms with Gasteiger partial charge in [-0.15, -0.1) is 0 Å². The van der Waals surface area contributed by atoms with E-state index in [9.17, 15) is 9.59 Å². The number of nitrogens with one attached hydrogen (secondary N) is 1. The van der Waals surface area contributed by atoms with Crippen molar-refractivity contribution >= 4 is 28.7 Å². The molecule has 0 saturated carbocycles. The zero-order valence-corrected chi connectivity index (χ0v) is 18.5. The Morgan fingerprint density at radius 2 is 1.88 bits per heavy atom. The largest absolute Gasteiger partial charge is 0.465 e. The Labute approximate surface area is 194 Å². The molecular weight excluding hydrogens is 438 g/mol. The molecule has 3 heterocycles. The number of esters is 1. The highest BCUT2D eigenvalue weighted by molar-refractivity contribution is 5.97. The summed E-state index contributed by atoms with van der Waals surface area (Å²) in [6, 6.07) is 13.2. The van der Waals surface area contributed by atoms with Crippen LogP contribution in [0.2, 0.25) is 0 Å². The topological polar surface area (TPSA) is 125 Å². The Hall–Kier alpha value is -4.34. The highest BCUT2D eigenvalue weighted by atomic mass is 16.5. The van der Waals surface area contributed by atoms with Gasteiger partial charge in [0.25, 0.3) is 0 Å². The lowest BCUT2D eigenvalue weighted by molar-refractivity contribution is 0.0520. The van der Waals surface area contributed by atoms with Crippen molar-refractivity contribution in [1.82, 2.24) is 20.1 Å². The molecule has 2 aromatic heterocycles. The van der Waals surface area contributed by atoms with Gasteiger partial charge in [0.2, 0.25) is 5.89 Å². The Bertz CT molecular complexity index is 1340. The van der Waals surface area contributed by atoms with Gasteiger partial charge < -0.3 is 24.1 Å². The summed E-state index contributed by atoms with van der Waals surface area (Å²) in [5.74, 6) is 0.0795. The number of benzene rings is 2. The second kappa shape index (κ2) is 8.89. The molecule has 2 aromatic carbocycles. The van der Waals surface area contributed by atoms with Crippen LogP contribution < -0.4 is 4.90 Å². The van der Waals surface area contributed by atoms with Crippen molar-refractivity contribution in [2.45, 2.75) is 6.92 Å². The average Bonchev–Trinajstić information content (AvgIpc) is 3.52. The van der Waals surface area contributed by atoms with Crippen LogP contribution in [0.15, 0.2) is 53.1 Å². The van der Waals surface area contributed by atoms with Crippen LogP contribution in [0.3, 0.4) is 0 Å². The molecule has 5 rings (SSSR count). The first-order chi connectivity index (χ1) is 16.5. The van der Waals surface area contributed by atoms with Crippen LogP contribution in [0, 0.1) is 0 Å². The summed E-state index contributed by atoms with van der Waals surface area (Å²) in [7, 11) is 0. The van der Waals surface area contributed by atoms with E-state index in [0.717, 1.165) is 22.2 Å². The number of fused-ring (bicyclic) bond motifs is 1. The van der Waals surface area contributed by atoms with E-state index in [1.165, 1.54) is 4.90 Å². The van der Waals surface area contributed by atoms with Gasteiger partial charge in [-0.05, 0) is 43.3 Å². The van der Waals surface area contributed by atoms with Crippen LogP contribution in [-0.2, 0) is 4.74 Å². The van der Waals surface area contributed by atoms with E-state index >= 15 is 0 Å². The van der Waals surface area contributed by atoms with E-state index in [1.54, 1.807) is 13.1 Å². The first kappa shape index (κ1) is 21.5. The Morgan fingerprint density at radius 3 is 2.59 bits per heavy atom. The molecule has 1 amide bonds. The van der Waals surface area contributed by atoms with E-state index in [-0.39, 0.29) is 12.3 Å². The number of carboxylic acid groups (broad SMARTS) is 1. The molecule has 174 valence electrons. The van der Waals surface area contributed by atoms with Crippen LogP contribution in [-0.4, -0.2) is 70.0 Å². The van der Waals surface area contributed by atoms with Gasteiger partial charge in [-0.2, -0.15) is 5.10 Å². The number of anilines is 1. The number of carbonyl (C=O) groups excluding carboxylic acids is 1. The number of oxazole rings is 1. The first-order valence-corrected chi connectivity index (χ1v) is 11.0. The molecule has 0 bridgehead atoms. The van der Waals surface area contributed by atoms with Crippen LogP contribution in [0.5, 0.6) is 0 Å². The lowest BCUT2D eigenvalue weighted by Gasteiger charge is -2.34. The number of rotatable bonds is 5. The first-order valence-electron chi connectivity index (χ1n) is 11.0. The number of hydrogen-bond donors (Lipinski definition) is 2. The van der Waals surface area contributed by atoms with Gasteiger partial charge in [0.1, 0.15) is 0 Å². The van der Waals surface area contributed by atoms with Crippen molar-refractivity contribution in [1.29, 1.82) is 0 Å². The highest BCUT2D eigenvalue weighted by Crippen LogP contribution is 2.34. The van der Waals surface area contributed by atoms with Crippen molar-refractivity contribution in [2.75, 3.05) is 37.7 Å². The number of piperazine rings is 1. The molecule has 4 aromatic rings. The maximum absolute atomic E-state index is 12.7. The predicted octanol–water partition coefficient (Wildman–Crippen LogP) is 3.86. The smallest absolute Gasteiger partial charge is 0.407 e. The van der Waals surface area contributed by atoms with Crippen LogP contribution in [0.4, 0.5) is 10.5 Å². The summed E-state index contributed by atoms with van der Waals surface area (Å²) in [6.45, 7) is 4.09. The van der Waals surface area contributed by atoms with E-state index in [2.05, 4.69) is 20.1 Å². The molecule has 34 heavy (non-hydrogen) atoms. The van der Waals surface area contributed by atoms with Crippen molar-refractivity contribution < 1.29 is 23.8 Å². The quantitative estimate of drug-likeness (QED) is 0.429. The van der Waals surface area contributed by atoms with Gasteiger partial charge in [0.05, 0.1) is 18.3 Å². The number of aromatic amines is 1. The third-order valence-electron chi connectivity index (χ3n) is 5.86. The maximum Gasteiger partial charge on any atom is 0.407 e. The van der Waals surface area contributed by atoms with E-state index < -0.39 is 12.1 Å². The Kier molecular flexibility index (Phi) is 5.62. The maximum atomic E-state index is 12.7. The third kappa shape index (κ3) is 3.94. The summed E-state index contributed by atoms with van der Waals surface area (Å²) in [5, 5.41) is 17.0. The number of carbonyl (C=O) groups is 2. The van der Waals surface area contributed by atoms with Crippen molar-refractivity contribution in [3.05, 3.63) is 54.4 Å². The molecule has 0 radical (unpaired) electrons. The lowest BCUT2D eigenvalue weighted by Crippen LogP contribution is -2.48. The fourth-order valence-corrected chi connectivity index (χ4v) is 4.10. The van der Waals surface area contributed by atoms with Gasteiger partial charge in [0.15, 0.2) is 11.5 Å². The summed E-state index contributed by atoms with van der Waals surface area (Å²) in [5.41, 5.74) is 3.32. The third-order valence-corrected chi connectivity index (χ3v) is 5.86. The number of nitrogens with zero attached hydrogens (tertiary/aromatic N) is 4. The molecule has 1 saturated heterocycles. The number of amides is 1. The van der Waals surface area contributed by atoms with Gasteiger partial charge in [-0.1, -0.05) is 6.07 Å². The Balaban J connectivity index is 1.47. The number of hydrogen-bond acceptors (Lipinski definition) is 7. The molecule has 1 aliphatic heterocycles. The standard InChI is InChI=1S/C24H23N5O5/c1-2-33-23(30)20-21(34-22(26-20)17-4-3-5-19-18(17)14-25-27-19)15-6-8-16(9-7-15)28-10-12-29(13-11-28)24(31)32/h3-9,14H,2,10-13H2,1H3,(H,25,27)(H,31,32). The summed E-state index contributed by atoms with van der Waals surface area (Å²) < 4.78 is 11.3. The second-order valence-corrected chi connectivity index (χ2v) is 7.86. The molecular formula is C24H23N5O5. The van der Waals surface area contributed by atoms with Gasteiger partial charge in [0, 0.05) is 48.4 Å². The fraction of sp³-hybridized carbons (Fsp3) is 0.250. The molecule has 0 spiro atoms. The number of ether oxygens (including phenoxy) is 1. The SMILES string of the molecule is CCOC(=O)c1nc(-c2cccc3[nH]ncc23)oc1-c1ccc(N2CCN(C(=O)O)CC2)cc1. The monoisotopic (exact) mass is 461 g/mol. The summed E-state index contributed by atoms with van der Waals surface area (Å²) in [4.78, 5) is 31.8. The fourth-order valence-electron chi connectivity index (χ4n) is 4.10. The minimum atomic E-state index is -0.895. The van der Waals surface area contributed by atoms with Crippen molar-refractivity contribution in [2.24, 2.45) is 0 Å². The lowest BCUT2D eigenvalue weighted by atomic mass is 10.1. The predicted molar refractivity (Wildman–Crippen MR) is 125 cm³/mol. The average molecular weight is 461 g/mol. The van der Waals surface area contributed by atoms with Crippen LogP contribution in [0.1, 0.15) is 17.4 Å². The minimum absolute atomic E-state index is 0.111. The second-order valence-electron chi connectivity index (χ2n) is 7.86. The van der Waals surface area contributed by atoms with Crippen molar-refractivity contribution in [3.8, 4) is 22.8 Å².